The van der Waals surface area contributed by atoms with E-state index in [1.54, 1.807) is 19.1 Å². The Balaban J connectivity index is 1.82. The first-order valence-electron chi connectivity index (χ1n) is 8.46. The zero-order chi connectivity index (χ0) is 18.7. The average molecular weight is 370 g/mol. The Morgan fingerprint density at radius 1 is 1.04 bits per heavy atom. The summed E-state index contributed by atoms with van der Waals surface area (Å²) in [6.07, 6.45) is 0.123. The molecule has 0 unspecified atom stereocenters. The molecule has 2 aromatic carbocycles. The van der Waals surface area contributed by atoms with Crippen LogP contribution in [-0.4, -0.2) is 20.4 Å². The minimum atomic E-state index is -3.58. The molecule has 0 spiro atoms. The van der Waals surface area contributed by atoms with Gasteiger partial charge < -0.3 is 4.74 Å². The predicted molar refractivity (Wildman–Crippen MR) is 104 cm³/mol. The van der Waals surface area contributed by atoms with Gasteiger partial charge in [0.25, 0.3) is 10.0 Å². The van der Waals surface area contributed by atoms with E-state index < -0.39 is 10.0 Å². The molecule has 1 N–H and O–H groups in total. The summed E-state index contributed by atoms with van der Waals surface area (Å²) in [6.45, 7) is 6.12. The smallest absolute Gasteiger partial charge is 0.264 e. The second-order valence-electron chi connectivity index (χ2n) is 6.40. The van der Waals surface area contributed by atoms with Crippen LogP contribution in [0.3, 0.4) is 0 Å². The van der Waals surface area contributed by atoms with E-state index >= 15 is 0 Å². The number of amidine groups is 1. The largest absolute Gasteiger partial charge is 0.491 e. The van der Waals surface area contributed by atoms with E-state index in [1.165, 1.54) is 0 Å². The predicted octanol–water partition coefficient (Wildman–Crippen LogP) is 3.74. The molecule has 0 aromatic heterocycles. The molecule has 6 heteroatoms. The third-order valence-electron chi connectivity index (χ3n) is 3.95. The van der Waals surface area contributed by atoms with Gasteiger partial charge in [-0.05, 0) is 44.0 Å². The van der Waals surface area contributed by atoms with Crippen molar-refractivity contribution in [1.29, 1.82) is 0 Å². The number of nitrogens with zero attached hydrogens (tertiary/aromatic N) is 1. The van der Waals surface area contributed by atoms with E-state index in [0.717, 1.165) is 11.3 Å². The number of hydrogen-bond donors (Lipinski definition) is 1. The van der Waals surface area contributed by atoms with Crippen LogP contribution in [0.25, 0.3) is 4.91 Å². The number of rotatable bonds is 5. The molecule has 136 valence electrons. The van der Waals surface area contributed by atoms with Gasteiger partial charge in [-0.15, -0.1) is 0 Å². The first kappa shape index (κ1) is 18.2. The summed E-state index contributed by atoms with van der Waals surface area (Å²) in [4.78, 5) is 4.75. The van der Waals surface area contributed by atoms with Gasteiger partial charge in [0.2, 0.25) is 0 Å². The second kappa shape index (κ2) is 7.33. The lowest BCUT2D eigenvalue weighted by Crippen LogP contribution is -2.23. The summed E-state index contributed by atoms with van der Waals surface area (Å²) in [5.74, 6) is 1.20. The van der Waals surface area contributed by atoms with E-state index in [2.05, 4.69) is 9.71 Å². The van der Waals surface area contributed by atoms with Crippen LogP contribution in [0.1, 0.15) is 31.9 Å². The maximum Gasteiger partial charge on any atom is 0.264 e. The van der Waals surface area contributed by atoms with Crippen molar-refractivity contribution in [2.45, 2.75) is 33.4 Å². The minimum Gasteiger partial charge on any atom is -0.491 e. The quantitative estimate of drug-likeness (QED) is 0.872. The first-order valence-corrected chi connectivity index (χ1v) is 9.94. The van der Waals surface area contributed by atoms with Gasteiger partial charge in [-0.3, -0.25) is 9.71 Å². The average Bonchev–Trinajstić information content (AvgIpc) is 2.83. The molecule has 0 saturated carbocycles. The van der Waals surface area contributed by atoms with Crippen LogP contribution in [0.5, 0.6) is 5.75 Å². The fraction of sp³-hybridized carbons (Fsp3) is 0.250. The van der Waals surface area contributed by atoms with E-state index in [4.69, 9.17) is 4.74 Å². The lowest BCUT2D eigenvalue weighted by molar-refractivity contribution is 0.242. The molecule has 0 bridgehead atoms. The zero-order valence-electron chi connectivity index (χ0n) is 15.1. The third kappa shape index (κ3) is 3.96. The second-order valence-corrected chi connectivity index (χ2v) is 8.02. The summed E-state index contributed by atoms with van der Waals surface area (Å²) in [5.41, 5.74) is 2.28. The topological polar surface area (TPSA) is 67.8 Å². The monoisotopic (exact) mass is 370 g/mol. The highest BCUT2D eigenvalue weighted by atomic mass is 32.2. The van der Waals surface area contributed by atoms with Crippen molar-refractivity contribution in [1.82, 2.24) is 4.72 Å². The van der Waals surface area contributed by atoms with E-state index in [1.807, 2.05) is 56.3 Å². The SMILES string of the molecule is CC1=C(c2ccccc2)S(=O)(=O)NC1=NCc1ccc(OC(C)C)cc1. The highest BCUT2D eigenvalue weighted by Gasteiger charge is 2.32. The fourth-order valence-electron chi connectivity index (χ4n) is 2.79. The van der Waals surface area contributed by atoms with Crippen LogP contribution in [0.2, 0.25) is 0 Å². The Kier molecular flexibility index (Phi) is 5.13. The molecule has 0 atom stereocenters. The molecular weight excluding hydrogens is 348 g/mol. The molecule has 0 saturated heterocycles. The van der Waals surface area contributed by atoms with Gasteiger partial charge in [0.05, 0.1) is 12.6 Å². The zero-order valence-corrected chi connectivity index (χ0v) is 15.9. The minimum absolute atomic E-state index is 0.123. The maximum atomic E-state index is 12.5. The maximum absolute atomic E-state index is 12.5. The number of benzene rings is 2. The van der Waals surface area contributed by atoms with Gasteiger partial charge in [0, 0.05) is 5.57 Å². The van der Waals surface area contributed by atoms with Crippen molar-refractivity contribution in [3.05, 3.63) is 71.3 Å². The Bertz CT molecular complexity index is 944. The van der Waals surface area contributed by atoms with Gasteiger partial charge in [-0.2, -0.15) is 0 Å². The molecule has 0 radical (unpaired) electrons. The molecule has 1 aliphatic heterocycles. The highest BCUT2D eigenvalue weighted by Crippen LogP contribution is 2.29. The van der Waals surface area contributed by atoms with E-state index in [0.29, 0.717) is 23.5 Å². The standard InChI is InChI=1S/C20H22N2O3S/c1-14(2)25-18-11-9-16(10-12-18)13-21-20-15(3)19(26(23,24)22-20)17-7-5-4-6-8-17/h4-12,14H,13H2,1-3H3,(H,21,22). The third-order valence-corrected chi connectivity index (χ3v) is 5.49. The molecular formula is C20H22N2O3S. The first-order chi connectivity index (χ1) is 12.4. The van der Waals surface area contributed by atoms with Crippen molar-refractivity contribution in [2.75, 3.05) is 0 Å². The molecule has 1 aliphatic rings. The summed E-state index contributed by atoms with van der Waals surface area (Å²) in [5, 5.41) is 0. The molecule has 0 fully saturated rings. The normalized spacial score (nSPS) is 17.6. The van der Waals surface area contributed by atoms with Crippen LogP contribution in [0.4, 0.5) is 0 Å². The summed E-state index contributed by atoms with van der Waals surface area (Å²) in [7, 11) is -3.58. The van der Waals surface area contributed by atoms with Gasteiger partial charge in [0.15, 0.2) is 0 Å². The van der Waals surface area contributed by atoms with Crippen LogP contribution in [0, 0.1) is 0 Å². The molecule has 0 amide bonds. The molecule has 2 aromatic rings. The van der Waals surface area contributed by atoms with Crippen molar-refractivity contribution in [2.24, 2.45) is 4.99 Å². The van der Waals surface area contributed by atoms with Crippen molar-refractivity contribution >= 4 is 20.8 Å². The summed E-state index contributed by atoms with van der Waals surface area (Å²) < 4.78 is 33.1. The number of aliphatic imine (C=N–C) groups is 1. The Morgan fingerprint density at radius 3 is 2.31 bits per heavy atom. The number of ether oxygens (including phenoxy) is 1. The fourth-order valence-corrected chi connectivity index (χ4v) is 4.31. The van der Waals surface area contributed by atoms with Gasteiger partial charge in [-0.25, -0.2) is 8.42 Å². The number of hydrogen-bond acceptors (Lipinski definition) is 4. The lowest BCUT2D eigenvalue weighted by atomic mass is 10.1. The molecule has 26 heavy (non-hydrogen) atoms. The molecule has 3 rings (SSSR count). The molecule has 5 nitrogen and oxygen atoms in total. The molecule has 1 heterocycles. The van der Waals surface area contributed by atoms with Crippen LogP contribution in [-0.2, 0) is 16.6 Å². The van der Waals surface area contributed by atoms with Crippen molar-refractivity contribution < 1.29 is 13.2 Å². The van der Waals surface area contributed by atoms with Crippen LogP contribution < -0.4 is 9.46 Å². The Morgan fingerprint density at radius 2 is 1.69 bits per heavy atom. The van der Waals surface area contributed by atoms with E-state index in [9.17, 15) is 8.42 Å². The summed E-state index contributed by atoms with van der Waals surface area (Å²) >= 11 is 0. The van der Waals surface area contributed by atoms with Crippen molar-refractivity contribution in [3.8, 4) is 5.75 Å². The number of sulfonamides is 1. The van der Waals surface area contributed by atoms with E-state index in [-0.39, 0.29) is 11.0 Å². The van der Waals surface area contributed by atoms with Gasteiger partial charge in [0.1, 0.15) is 16.5 Å². The Hall–Kier alpha value is -2.60. The molecule has 0 aliphatic carbocycles. The van der Waals surface area contributed by atoms with Gasteiger partial charge >= 0.3 is 0 Å². The Labute approximate surface area is 154 Å². The summed E-state index contributed by atoms with van der Waals surface area (Å²) in [6, 6.07) is 16.7. The van der Waals surface area contributed by atoms with Crippen molar-refractivity contribution in [3.63, 3.8) is 0 Å². The lowest BCUT2D eigenvalue weighted by Gasteiger charge is -2.09. The number of nitrogens with one attached hydrogen (secondary N) is 1. The van der Waals surface area contributed by atoms with Crippen LogP contribution in [0.15, 0.2) is 65.2 Å². The van der Waals surface area contributed by atoms with Gasteiger partial charge in [-0.1, -0.05) is 42.5 Å². The van der Waals surface area contributed by atoms with Crippen LogP contribution >= 0.6 is 0 Å². The highest BCUT2D eigenvalue weighted by molar-refractivity contribution is 8.00.